The van der Waals surface area contributed by atoms with Crippen molar-refractivity contribution in [2.75, 3.05) is 7.11 Å². The molecule has 5 heteroatoms. The highest BCUT2D eigenvalue weighted by Crippen LogP contribution is 2.12. The van der Waals surface area contributed by atoms with Crippen molar-refractivity contribution in [2.45, 2.75) is 20.5 Å². The molecule has 0 aliphatic carbocycles. The van der Waals surface area contributed by atoms with Crippen LogP contribution in [0.2, 0.25) is 0 Å². The molecule has 0 spiro atoms. The van der Waals surface area contributed by atoms with Gasteiger partial charge in [0.2, 0.25) is 11.2 Å². The van der Waals surface area contributed by atoms with Gasteiger partial charge in [-0.1, -0.05) is 17.2 Å². The van der Waals surface area contributed by atoms with E-state index in [2.05, 4.69) is 0 Å². The summed E-state index contributed by atoms with van der Waals surface area (Å²) in [5.41, 5.74) is 2.13. The van der Waals surface area contributed by atoms with E-state index in [1.807, 2.05) is 19.9 Å². The molecule has 1 aromatic carbocycles. The summed E-state index contributed by atoms with van der Waals surface area (Å²) < 4.78 is 15.1. The van der Waals surface area contributed by atoms with Gasteiger partial charge in [-0.05, 0) is 26.0 Å². The first-order valence-corrected chi connectivity index (χ1v) is 6.40. The predicted molar refractivity (Wildman–Crippen MR) is 76.6 cm³/mol. The van der Waals surface area contributed by atoms with Crippen molar-refractivity contribution < 1.29 is 18.7 Å². The summed E-state index contributed by atoms with van der Waals surface area (Å²) in [6.07, 6.45) is 1.20. The van der Waals surface area contributed by atoms with Crippen LogP contribution in [0.15, 0.2) is 39.7 Å². The molecule has 2 rings (SSSR count). The highest BCUT2D eigenvalue weighted by molar-refractivity contribution is 5.89. The molecule has 0 fully saturated rings. The van der Waals surface area contributed by atoms with E-state index in [1.54, 1.807) is 12.1 Å². The Morgan fingerprint density at radius 3 is 2.38 bits per heavy atom. The molecule has 0 bridgehead atoms. The summed E-state index contributed by atoms with van der Waals surface area (Å²) in [7, 11) is 1.38. The Balaban J connectivity index is 2.07. The third kappa shape index (κ3) is 3.72. The second-order valence-electron chi connectivity index (χ2n) is 4.73. The van der Waals surface area contributed by atoms with Crippen molar-refractivity contribution in [3.05, 3.63) is 63.2 Å². The number of aryl methyl sites for hydroxylation is 2. The third-order valence-corrected chi connectivity index (χ3v) is 2.88. The van der Waals surface area contributed by atoms with Crippen molar-refractivity contribution in [3.63, 3.8) is 0 Å². The quantitative estimate of drug-likeness (QED) is 0.809. The Morgan fingerprint density at radius 1 is 1.14 bits per heavy atom. The van der Waals surface area contributed by atoms with E-state index in [0.717, 1.165) is 11.1 Å². The lowest BCUT2D eigenvalue weighted by atomic mass is 10.1. The molecular weight excluding hydrogens is 272 g/mol. The zero-order valence-corrected chi connectivity index (χ0v) is 12.1. The molecule has 0 aliphatic rings. The number of benzene rings is 1. The topological polar surface area (TPSA) is 65.7 Å². The van der Waals surface area contributed by atoms with Crippen LogP contribution in [0.1, 0.15) is 27.2 Å². The summed E-state index contributed by atoms with van der Waals surface area (Å²) in [6, 6.07) is 6.71. The van der Waals surface area contributed by atoms with Crippen LogP contribution in [-0.4, -0.2) is 13.1 Å². The van der Waals surface area contributed by atoms with Gasteiger partial charge in [0.25, 0.3) is 0 Å². The van der Waals surface area contributed by atoms with Crippen LogP contribution in [0.3, 0.4) is 0 Å². The number of ether oxygens (including phenoxy) is 2. The van der Waals surface area contributed by atoms with Crippen LogP contribution < -0.4 is 10.2 Å². The van der Waals surface area contributed by atoms with E-state index in [9.17, 15) is 9.59 Å². The van der Waals surface area contributed by atoms with Crippen molar-refractivity contribution >= 4 is 5.97 Å². The van der Waals surface area contributed by atoms with Crippen molar-refractivity contribution in [3.8, 4) is 5.75 Å². The average Bonchev–Trinajstić information content (AvgIpc) is 2.43. The van der Waals surface area contributed by atoms with Gasteiger partial charge in [0.05, 0.1) is 12.7 Å². The second-order valence-corrected chi connectivity index (χ2v) is 4.73. The first-order valence-electron chi connectivity index (χ1n) is 6.40. The normalized spacial score (nSPS) is 10.2. The van der Waals surface area contributed by atoms with Gasteiger partial charge < -0.3 is 13.9 Å². The van der Waals surface area contributed by atoms with Gasteiger partial charge in [-0.2, -0.15) is 0 Å². The molecule has 21 heavy (non-hydrogen) atoms. The molecule has 1 aromatic heterocycles. The first kappa shape index (κ1) is 14.8. The molecule has 1 heterocycles. The number of esters is 1. The molecule has 110 valence electrons. The Hall–Kier alpha value is -2.56. The maximum atomic E-state index is 12.0. The fraction of sp³-hybridized carbons (Fsp3) is 0.250. The Labute approximate surface area is 122 Å². The zero-order chi connectivity index (χ0) is 15.4. The molecular formula is C16H16O5. The second kappa shape index (κ2) is 6.26. The smallest absolute Gasteiger partial charge is 0.338 e. The lowest BCUT2D eigenvalue weighted by Crippen LogP contribution is -2.09. The van der Waals surface area contributed by atoms with Crippen LogP contribution in [-0.2, 0) is 11.3 Å². The van der Waals surface area contributed by atoms with E-state index >= 15 is 0 Å². The number of hydrogen-bond acceptors (Lipinski definition) is 5. The summed E-state index contributed by atoms with van der Waals surface area (Å²) in [5.74, 6) is -0.0850. The van der Waals surface area contributed by atoms with Gasteiger partial charge in [0.15, 0.2) is 0 Å². The fourth-order valence-electron chi connectivity index (χ4n) is 1.98. The lowest BCUT2D eigenvalue weighted by Gasteiger charge is -2.06. The van der Waals surface area contributed by atoms with E-state index in [1.165, 1.54) is 19.4 Å². The summed E-state index contributed by atoms with van der Waals surface area (Å²) >= 11 is 0. The minimum absolute atomic E-state index is 0.106. The third-order valence-electron chi connectivity index (χ3n) is 2.88. The number of rotatable bonds is 4. The minimum Gasteiger partial charge on any atom is -0.490 e. The van der Waals surface area contributed by atoms with E-state index in [4.69, 9.17) is 13.9 Å². The molecule has 0 unspecified atom stereocenters. The lowest BCUT2D eigenvalue weighted by molar-refractivity contribution is 0.0442. The van der Waals surface area contributed by atoms with Gasteiger partial charge in [-0.25, -0.2) is 4.79 Å². The molecule has 0 saturated heterocycles. The van der Waals surface area contributed by atoms with Crippen molar-refractivity contribution in [1.82, 2.24) is 0 Å². The molecule has 2 aromatic rings. The fourth-order valence-corrected chi connectivity index (χ4v) is 1.98. The van der Waals surface area contributed by atoms with Gasteiger partial charge in [0, 0.05) is 6.07 Å². The molecule has 0 atom stereocenters. The molecule has 5 nitrogen and oxygen atoms in total. The van der Waals surface area contributed by atoms with Gasteiger partial charge in [-0.15, -0.1) is 0 Å². The first-order chi connectivity index (χ1) is 9.99. The van der Waals surface area contributed by atoms with Crippen LogP contribution in [0.4, 0.5) is 0 Å². The number of hydrogen-bond donors (Lipinski definition) is 0. The Morgan fingerprint density at radius 2 is 1.81 bits per heavy atom. The monoisotopic (exact) mass is 288 g/mol. The Bertz CT molecular complexity index is 695. The van der Waals surface area contributed by atoms with E-state index in [-0.39, 0.29) is 23.5 Å². The summed E-state index contributed by atoms with van der Waals surface area (Å²) in [6.45, 7) is 3.71. The van der Waals surface area contributed by atoms with Crippen molar-refractivity contribution in [1.29, 1.82) is 0 Å². The van der Waals surface area contributed by atoms with Gasteiger partial charge >= 0.3 is 5.97 Å². The molecule has 0 radical (unpaired) electrons. The maximum absolute atomic E-state index is 12.0. The van der Waals surface area contributed by atoms with E-state index < -0.39 is 5.97 Å². The van der Waals surface area contributed by atoms with E-state index in [0.29, 0.717) is 5.56 Å². The number of carbonyl (C=O) groups is 1. The number of methoxy groups -OCH3 is 1. The summed E-state index contributed by atoms with van der Waals surface area (Å²) in [4.78, 5) is 23.5. The van der Waals surface area contributed by atoms with Crippen LogP contribution in [0.5, 0.6) is 5.75 Å². The largest absolute Gasteiger partial charge is 0.490 e. The summed E-state index contributed by atoms with van der Waals surface area (Å²) in [5, 5.41) is 0. The minimum atomic E-state index is -0.458. The van der Waals surface area contributed by atoms with Crippen LogP contribution >= 0.6 is 0 Å². The van der Waals surface area contributed by atoms with Crippen LogP contribution in [0, 0.1) is 13.8 Å². The maximum Gasteiger partial charge on any atom is 0.338 e. The van der Waals surface area contributed by atoms with Crippen molar-refractivity contribution in [2.24, 2.45) is 0 Å². The number of carbonyl (C=O) groups excluding carboxylic acids is 1. The molecule has 0 amide bonds. The SMILES string of the molecule is COc1coc(COC(=O)c2cc(C)cc(C)c2)cc1=O. The highest BCUT2D eigenvalue weighted by atomic mass is 16.5. The average molecular weight is 288 g/mol. The predicted octanol–water partition coefficient (Wildman–Crippen LogP) is 2.62. The standard InChI is InChI=1S/C16H16O5/c1-10-4-11(2)6-12(5-10)16(18)21-8-13-7-14(17)15(19-3)9-20-13/h4-7,9H,8H2,1-3H3. The molecule has 0 aliphatic heterocycles. The highest BCUT2D eigenvalue weighted by Gasteiger charge is 2.10. The molecule has 0 N–H and O–H groups in total. The van der Waals surface area contributed by atoms with Gasteiger partial charge in [0.1, 0.15) is 18.6 Å². The van der Waals surface area contributed by atoms with Gasteiger partial charge in [-0.3, -0.25) is 4.79 Å². The van der Waals surface area contributed by atoms with Crippen LogP contribution in [0.25, 0.3) is 0 Å². The zero-order valence-electron chi connectivity index (χ0n) is 12.1. The molecule has 0 saturated carbocycles. The Kier molecular flexibility index (Phi) is 4.42.